The van der Waals surface area contributed by atoms with Crippen LogP contribution in [-0.2, 0) is 11.3 Å². The topological polar surface area (TPSA) is 69.0 Å². The summed E-state index contributed by atoms with van der Waals surface area (Å²) < 4.78 is 6.71. The second kappa shape index (κ2) is 6.66. The molecule has 0 radical (unpaired) electrons. The molecule has 1 N–H and O–H groups in total. The molecule has 0 aromatic carbocycles. The second-order valence-electron chi connectivity index (χ2n) is 5.21. The number of hydrogen-bond acceptors (Lipinski definition) is 6. The van der Waals surface area contributed by atoms with Gasteiger partial charge in [0.15, 0.2) is 15.2 Å². The minimum absolute atomic E-state index is 0.163. The molecule has 0 amide bonds. The van der Waals surface area contributed by atoms with Crippen LogP contribution in [0.4, 0.5) is 5.13 Å². The summed E-state index contributed by atoms with van der Waals surface area (Å²) in [7, 11) is 1.32. The SMILES string of the molecule is COC(=O)c1sc(NCc2ccn(C3CCCC3)n2)nc1Cl. The molecule has 22 heavy (non-hydrogen) atoms. The van der Waals surface area contributed by atoms with Gasteiger partial charge in [-0.3, -0.25) is 4.68 Å². The molecule has 0 aliphatic heterocycles. The highest BCUT2D eigenvalue weighted by Gasteiger charge is 2.19. The summed E-state index contributed by atoms with van der Waals surface area (Å²) in [4.78, 5) is 15.9. The molecule has 2 heterocycles. The van der Waals surface area contributed by atoms with Crippen LogP contribution in [0.5, 0.6) is 0 Å². The zero-order chi connectivity index (χ0) is 15.5. The van der Waals surface area contributed by atoms with Crippen LogP contribution >= 0.6 is 22.9 Å². The minimum Gasteiger partial charge on any atom is -0.465 e. The number of esters is 1. The summed E-state index contributed by atoms with van der Waals surface area (Å²) in [5, 5.41) is 8.49. The van der Waals surface area contributed by atoms with E-state index in [0.29, 0.717) is 22.6 Å². The van der Waals surface area contributed by atoms with Crippen molar-refractivity contribution in [2.75, 3.05) is 12.4 Å². The van der Waals surface area contributed by atoms with E-state index in [9.17, 15) is 4.79 Å². The third-order valence-electron chi connectivity index (χ3n) is 3.74. The average molecular weight is 341 g/mol. The lowest BCUT2D eigenvalue weighted by Gasteiger charge is -2.08. The van der Waals surface area contributed by atoms with Crippen molar-refractivity contribution >= 4 is 34.0 Å². The summed E-state index contributed by atoms with van der Waals surface area (Å²) in [6, 6.07) is 2.54. The Bertz CT molecular complexity index is 664. The van der Waals surface area contributed by atoms with Gasteiger partial charge in [0.2, 0.25) is 0 Å². The van der Waals surface area contributed by atoms with Gasteiger partial charge in [-0.25, -0.2) is 9.78 Å². The molecule has 0 bridgehead atoms. The van der Waals surface area contributed by atoms with Crippen molar-refractivity contribution in [3.05, 3.63) is 28.0 Å². The first kappa shape index (κ1) is 15.3. The maximum Gasteiger partial charge on any atom is 0.351 e. The standard InChI is InChI=1S/C14H17ClN4O2S/c1-21-13(20)11-12(15)17-14(22-11)16-8-9-6-7-19(18-9)10-4-2-3-5-10/h6-7,10H,2-5,8H2,1H3,(H,16,17). The number of carbonyl (C=O) groups is 1. The number of nitrogens with one attached hydrogen (secondary N) is 1. The molecule has 0 atom stereocenters. The van der Waals surface area contributed by atoms with Crippen molar-refractivity contribution in [2.24, 2.45) is 0 Å². The Morgan fingerprint density at radius 1 is 1.55 bits per heavy atom. The van der Waals surface area contributed by atoms with E-state index in [1.165, 1.54) is 44.1 Å². The van der Waals surface area contributed by atoms with Crippen LogP contribution in [-0.4, -0.2) is 27.8 Å². The summed E-state index contributed by atoms with van der Waals surface area (Å²) in [6.45, 7) is 0.546. The van der Waals surface area contributed by atoms with Gasteiger partial charge < -0.3 is 10.1 Å². The lowest BCUT2D eigenvalue weighted by atomic mass is 10.3. The molecule has 1 saturated carbocycles. The third-order valence-corrected chi connectivity index (χ3v) is 5.12. The number of thiazole rings is 1. The van der Waals surface area contributed by atoms with E-state index < -0.39 is 5.97 Å². The van der Waals surface area contributed by atoms with E-state index in [-0.39, 0.29) is 5.15 Å². The van der Waals surface area contributed by atoms with Crippen LogP contribution in [0.25, 0.3) is 0 Å². The Labute approximate surface area is 137 Å². The van der Waals surface area contributed by atoms with Gasteiger partial charge in [0.05, 0.1) is 25.4 Å². The van der Waals surface area contributed by atoms with Crippen LogP contribution in [0.2, 0.25) is 5.15 Å². The molecule has 0 unspecified atom stereocenters. The molecular weight excluding hydrogens is 324 g/mol. The molecule has 0 spiro atoms. The van der Waals surface area contributed by atoms with Crippen LogP contribution in [0, 0.1) is 0 Å². The predicted molar refractivity (Wildman–Crippen MR) is 85.5 cm³/mol. The van der Waals surface area contributed by atoms with Gasteiger partial charge in [0.25, 0.3) is 0 Å². The number of halogens is 1. The first-order chi connectivity index (χ1) is 10.7. The van der Waals surface area contributed by atoms with Gasteiger partial charge in [-0.05, 0) is 18.9 Å². The molecule has 3 rings (SSSR count). The Kier molecular flexibility index (Phi) is 4.63. The number of nitrogens with zero attached hydrogens (tertiary/aromatic N) is 3. The fourth-order valence-electron chi connectivity index (χ4n) is 2.61. The van der Waals surface area contributed by atoms with Crippen molar-refractivity contribution in [3.63, 3.8) is 0 Å². The second-order valence-corrected chi connectivity index (χ2v) is 6.57. The lowest BCUT2D eigenvalue weighted by Crippen LogP contribution is -2.07. The number of anilines is 1. The maximum atomic E-state index is 11.5. The zero-order valence-electron chi connectivity index (χ0n) is 12.2. The lowest BCUT2D eigenvalue weighted by molar-refractivity contribution is 0.0606. The normalized spacial score (nSPS) is 15.2. The first-order valence-corrected chi connectivity index (χ1v) is 8.39. The van der Waals surface area contributed by atoms with Gasteiger partial charge in [-0.1, -0.05) is 35.8 Å². The molecule has 6 nitrogen and oxygen atoms in total. The Morgan fingerprint density at radius 3 is 3.05 bits per heavy atom. The van der Waals surface area contributed by atoms with Crippen molar-refractivity contribution in [3.8, 4) is 0 Å². The van der Waals surface area contributed by atoms with E-state index in [0.717, 1.165) is 5.69 Å². The monoisotopic (exact) mass is 340 g/mol. The smallest absolute Gasteiger partial charge is 0.351 e. The van der Waals surface area contributed by atoms with Crippen molar-refractivity contribution in [1.82, 2.24) is 14.8 Å². The van der Waals surface area contributed by atoms with Crippen LogP contribution in [0.15, 0.2) is 12.3 Å². The van der Waals surface area contributed by atoms with Gasteiger partial charge in [0, 0.05) is 6.20 Å². The number of hydrogen-bond donors (Lipinski definition) is 1. The van der Waals surface area contributed by atoms with Gasteiger partial charge in [-0.2, -0.15) is 5.10 Å². The number of carbonyl (C=O) groups excluding carboxylic acids is 1. The molecule has 8 heteroatoms. The molecule has 1 aliphatic rings. The Hall–Kier alpha value is -1.60. The van der Waals surface area contributed by atoms with Crippen molar-refractivity contribution in [2.45, 2.75) is 38.3 Å². The quantitative estimate of drug-likeness (QED) is 0.843. The van der Waals surface area contributed by atoms with E-state index in [2.05, 4.69) is 24.8 Å². The highest BCUT2D eigenvalue weighted by Crippen LogP contribution is 2.29. The third kappa shape index (κ3) is 3.25. The summed E-state index contributed by atoms with van der Waals surface area (Å²) in [6.07, 6.45) is 7.01. The van der Waals surface area contributed by atoms with E-state index >= 15 is 0 Å². The van der Waals surface area contributed by atoms with E-state index in [4.69, 9.17) is 11.6 Å². The Morgan fingerprint density at radius 2 is 2.32 bits per heavy atom. The van der Waals surface area contributed by atoms with Gasteiger partial charge >= 0.3 is 5.97 Å². The molecule has 1 aliphatic carbocycles. The number of ether oxygens (including phenoxy) is 1. The summed E-state index contributed by atoms with van der Waals surface area (Å²) in [5.41, 5.74) is 0.942. The molecule has 2 aromatic heterocycles. The first-order valence-electron chi connectivity index (χ1n) is 7.20. The van der Waals surface area contributed by atoms with Crippen LogP contribution in [0.1, 0.15) is 47.1 Å². The fourth-order valence-corrected chi connectivity index (χ4v) is 3.70. The minimum atomic E-state index is -0.471. The molecule has 1 fully saturated rings. The maximum absolute atomic E-state index is 11.5. The average Bonchev–Trinajstić information content (AvgIpc) is 3.24. The number of methoxy groups -OCH3 is 1. The van der Waals surface area contributed by atoms with Gasteiger partial charge in [0.1, 0.15) is 0 Å². The predicted octanol–water partition coefficient (Wildman–Crippen LogP) is 3.51. The fraction of sp³-hybridized carbons (Fsp3) is 0.500. The molecule has 0 saturated heterocycles. The van der Waals surface area contributed by atoms with Crippen LogP contribution in [0.3, 0.4) is 0 Å². The Balaban J connectivity index is 1.61. The summed E-state index contributed by atoms with van der Waals surface area (Å²) in [5.74, 6) is -0.471. The number of rotatable bonds is 5. The van der Waals surface area contributed by atoms with E-state index in [1.54, 1.807) is 0 Å². The van der Waals surface area contributed by atoms with E-state index in [1.807, 2.05) is 12.3 Å². The van der Waals surface area contributed by atoms with Crippen molar-refractivity contribution < 1.29 is 9.53 Å². The number of aromatic nitrogens is 3. The van der Waals surface area contributed by atoms with Gasteiger partial charge in [-0.15, -0.1) is 0 Å². The highest BCUT2D eigenvalue weighted by molar-refractivity contribution is 7.18. The molecule has 118 valence electrons. The van der Waals surface area contributed by atoms with Crippen molar-refractivity contribution in [1.29, 1.82) is 0 Å². The largest absolute Gasteiger partial charge is 0.465 e. The molecule has 2 aromatic rings. The molecular formula is C14H17ClN4O2S. The van der Waals surface area contributed by atoms with Crippen LogP contribution < -0.4 is 5.32 Å². The zero-order valence-corrected chi connectivity index (χ0v) is 13.8. The summed E-state index contributed by atoms with van der Waals surface area (Å²) >= 11 is 7.11. The highest BCUT2D eigenvalue weighted by atomic mass is 35.5.